The van der Waals surface area contributed by atoms with Crippen molar-refractivity contribution in [3.05, 3.63) is 0 Å². The van der Waals surface area contributed by atoms with Crippen molar-refractivity contribution < 1.29 is 10.2 Å². The first-order chi connectivity index (χ1) is 21.0. The maximum atomic E-state index is 12.6. The second-order valence-electron chi connectivity index (χ2n) is 17.1. The van der Waals surface area contributed by atoms with E-state index in [9.17, 15) is 10.2 Å². The normalized spacial score (nSPS) is 40.0. The fourth-order valence-corrected chi connectivity index (χ4v) is 11.1. The summed E-state index contributed by atoms with van der Waals surface area (Å²) in [5.41, 5.74) is 5.07. The molecule has 0 radical (unpaired) electrons. The molecule has 0 aromatic carbocycles. The number of rotatable bonds is 18. The summed E-state index contributed by atoms with van der Waals surface area (Å²) in [4.78, 5) is 0. The molecule has 11 atom stereocenters. The lowest BCUT2D eigenvalue weighted by molar-refractivity contribution is -0.234. The summed E-state index contributed by atoms with van der Waals surface area (Å²) in [5, 5.41) is 34.4. The van der Waals surface area contributed by atoms with Crippen LogP contribution in [-0.4, -0.2) is 67.2 Å². The molecule has 0 spiro atoms. The van der Waals surface area contributed by atoms with E-state index >= 15 is 0 Å². The minimum atomic E-state index is -0.817. The standard InChI is InChI=1S/C38H74N4O2/c1-27(2)28(3)11-12-29(4)32-13-14-33-31-25-35(42-24-10-23-41-21-8-7-20-40-22-9-19-39)38(44)26-30(43)15-18-37(38,6)34(31)16-17-36(32,33)5/h27-35,40-44H,7-26,39H2,1-6H3/t28?,29?,30-,31-,32+,33-,34-,35+,36+,37+,38-/m0/s1. The van der Waals surface area contributed by atoms with Crippen LogP contribution in [0.15, 0.2) is 0 Å². The molecule has 0 aromatic rings. The average Bonchev–Trinajstić information content (AvgIpc) is 3.34. The highest BCUT2D eigenvalue weighted by Crippen LogP contribution is 2.69. The predicted molar refractivity (Wildman–Crippen MR) is 186 cm³/mol. The topological polar surface area (TPSA) is 103 Å². The van der Waals surface area contributed by atoms with Crippen LogP contribution in [0.5, 0.6) is 0 Å². The lowest BCUT2D eigenvalue weighted by Crippen LogP contribution is -2.71. The van der Waals surface area contributed by atoms with Gasteiger partial charge in [0.05, 0.1) is 11.7 Å². The second-order valence-corrected chi connectivity index (χ2v) is 17.1. The fourth-order valence-electron chi connectivity index (χ4n) is 11.1. The molecule has 4 aliphatic rings. The van der Waals surface area contributed by atoms with Gasteiger partial charge in [0.2, 0.25) is 0 Å². The molecule has 0 heterocycles. The van der Waals surface area contributed by atoms with Crippen LogP contribution in [-0.2, 0) is 0 Å². The van der Waals surface area contributed by atoms with E-state index in [0.717, 1.165) is 101 Å². The number of unbranched alkanes of at least 4 members (excludes halogenated alkanes) is 1. The third-order valence-electron chi connectivity index (χ3n) is 14.3. The first kappa shape index (κ1) is 36.6. The van der Waals surface area contributed by atoms with Crippen molar-refractivity contribution in [1.82, 2.24) is 16.0 Å². The molecule has 44 heavy (non-hydrogen) atoms. The van der Waals surface area contributed by atoms with Crippen LogP contribution in [0.25, 0.3) is 0 Å². The molecule has 4 rings (SSSR count). The third kappa shape index (κ3) is 7.89. The summed E-state index contributed by atoms with van der Waals surface area (Å²) >= 11 is 0. The van der Waals surface area contributed by atoms with Crippen molar-refractivity contribution >= 4 is 0 Å². The average molecular weight is 619 g/mol. The monoisotopic (exact) mass is 619 g/mol. The van der Waals surface area contributed by atoms with Gasteiger partial charge in [-0.3, -0.25) is 0 Å². The van der Waals surface area contributed by atoms with Gasteiger partial charge in [0, 0.05) is 17.9 Å². The Labute approximate surface area is 272 Å². The van der Waals surface area contributed by atoms with Gasteiger partial charge in [-0.25, -0.2) is 0 Å². The van der Waals surface area contributed by atoms with Crippen molar-refractivity contribution in [1.29, 1.82) is 0 Å². The van der Waals surface area contributed by atoms with E-state index in [1.54, 1.807) is 0 Å². The molecule has 0 aliphatic heterocycles. The zero-order valence-electron chi connectivity index (χ0n) is 29.8. The second kappa shape index (κ2) is 16.2. The van der Waals surface area contributed by atoms with Crippen LogP contribution in [0.3, 0.4) is 0 Å². The Hall–Kier alpha value is -0.240. The van der Waals surface area contributed by atoms with E-state index in [1.807, 2.05) is 0 Å². The Bertz CT molecular complexity index is 857. The molecule has 0 bridgehead atoms. The first-order valence-electron chi connectivity index (χ1n) is 19.2. The van der Waals surface area contributed by atoms with Gasteiger partial charge in [-0.1, -0.05) is 54.4 Å². The Morgan fingerprint density at radius 2 is 1.48 bits per heavy atom. The lowest BCUT2D eigenvalue weighted by atomic mass is 9.42. The zero-order valence-corrected chi connectivity index (χ0v) is 29.8. The maximum absolute atomic E-state index is 12.6. The lowest BCUT2D eigenvalue weighted by Gasteiger charge is -2.66. The number of fused-ring (bicyclic) bond motifs is 5. The Balaban J connectivity index is 1.35. The molecule has 4 fully saturated rings. The Morgan fingerprint density at radius 3 is 2.16 bits per heavy atom. The van der Waals surface area contributed by atoms with Crippen molar-refractivity contribution in [2.24, 2.45) is 58.0 Å². The molecule has 4 saturated carbocycles. The highest BCUT2D eigenvalue weighted by atomic mass is 16.3. The van der Waals surface area contributed by atoms with E-state index < -0.39 is 5.60 Å². The third-order valence-corrected chi connectivity index (χ3v) is 14.3. The van der Waals surface area contributed by atoms with E-state index in [2.05, 4.69) is 57.5 Å². The number of aliphatic hydroxyl groups is 2. The number of nitrogens with one attached hydrogen (secondary N) is 3. The molecule has 4 aliphatic carbocycles. The van der Waals surface area contributed by atoms with Gasteiger partial charge in [-0.05, 0) is 157 Å². The molecule has 0 aromatic heterocycles. The summed E-state index contributed by atoms with van der Waals surface area (Å²) in [6.07, 6.45) is 15.7. The van der Waals surface area contributed by atoms with E-state index in [-0.39, 0.29) is 17.6 Å². The van der Waals surface area contributed by atoms with Crippen LogP contribution in [0.2, 0.25) is 0 Å². The van der Waals surface area contributed by atoms with Gasteiger partial charge >= 0.3 is 0 Å². The fraction of sp³-hybridized carbons (Fsp3) is 1.00. The van der Waals surface area contributed by atoms with Gasteiger partial charge in [0.15, 0.2) is 0 Å². The van der Waals surface area contributed by atoms with Gasteiger partial charge in [-0.15, -0.1) is 0 Å². The maximum Gasteiger partial charge on any atom is 0.0880 e. The molecular formula is C38H74N4O2. The van der Waals surface area contributed by atoms with E-state index in [1.165, 1.54) is 51.4 Å². The minimum Gasteiger partial charge on any atom is -0.393 e. The van der Waals surface area contributed by atoms with Crippen LogP contribution in [0.4, 0.5) is 0 Å². The molecule has 0 amide bonds. The zero-order chi connectivity index (χ0) is 32.0. The van der Waals surface area contributed by atoms with Gasteiger partial charge in [0.1, 0.15) is 0 Å². The summed E-state index contributed by atoms with van der Waals surface area (Å²) in [7, 11) is 0. The first-order valence-corrected chi connectivity index (χ1v) is 19.2. The molecular weight excluding hydrogens is 544 g/mol. The quantitative estimate of drug-likeness (QED) is 0.104. The summed E-state index contributed by atoms with van der Waals surface area (Å²) in [5.74, 6) is 5.28. The number of hydrogen-bond acceptors (Lipinski definition) is 6. The van der Waals surface area contributed by atoms with Crippen molar-refractivity contribution in [3.8, 4) is 0 Å². The van der Waals surface area contributed by atoms with E-state index in [4.69, 9.17) is 5.73 Å². The minimum absolute atomic E-state index is 0.0778. The SMILES string of the molecule is CC(C)C(C)CCC(C)[C@H]1CC[C@H]2[C@@H]3C[C@@H](NCCCNCCCCNCCCN)[C@@]4(O)C[C@@H](O)CC[C@]4(C)[C@H]3CC[C@]12C. The smallest absolute Gasteiger partial charge is 0.0880 e. The molecule has 258 valence electrons. The Morgan fingerprint density at radius 1 is 0.795 bits per heavy atom. The molecule has 7 N–H and O–H groups in total. The van der Waals surface area contributed by atoms with Crippen molar-refractivity contribution in [3.63, 3.8) is 0 Å². The van der Waals surface area contributed by atoms with Crippen LogP contribution < -0.4 is 21.7 Å². The highest BCUT2D eigenvalue weighted by molar-refractivity contribution is 5.18. The Kier molecular flexibility index (Phi) is 13.5. The number of aliphatic hydroxyl groups excluding tert-OH is 1. The number of hydrogen-bond donors (Lipinski definition) is 6. The molecule has 0 saturated heterocycles. The summed E-state index contributed by atoms with van der Waals surface area (Å²) in [6.45, 7) is 20.7. The molecule has 6 heteroatoms. The highest BCUT2D eigenvalue weighted by Gasteiger charge is 2.67. The summed E-state index contributed by atoms with van der Waals surface area (Å²) in [6, 6.07) is 0.0778. The number of nitrogens with two attached hydrogens (primary N) is 1. The van der Waals surface area contributed by atoms with Crippen LogP contribution in [0.1, 0.15) is 131 Å². The van der Waals surface area contributed by atoms with Gasteiger partial charge in [0.25, 0.3) is 0 Å². The summed E-state index contributed by atoms with van der Waals surface area (Å²) < 4.78 is 0. The van der Waals surface area contributed by atoms with E-state index in [0.29, 0.717) is 23.7 Å². The van der Waals surface area contributed by atoms with Gasteiger partial charge < -0.3 is 31.9 Å². The van der Waals surface area contributed by atoms with Crippen molar-refractivity contribution in [2.75, 3.05) is 39.3 Å². The van der Waals surface area contributed by atoms with Crippen molar-refractivity contribution in [2.45, 2.75) is 149 Å². The van der Waals surface area contributed by atoms with Crippen LogP contribution >= 0.6 is 0 Å². The largest absolute Gasteiger partial charge is 0.393 e. The molecule has 2 unspecified atom stereocenters. The van der Waals surface area contributed by atoms with Crippen LogP contribution in [0, 0.1) is 52.3 Å². The van der Waals surface area contributed by atoms with Gasteiger partial charge in [-0.2, -0.15) is 0 Å². The molecule has 6 nitrogen and oxygen atoms in total. The predicted octanol–water partition coefficient (Wildman–Crippen LogP) is 6.10.